The molecule has 6 heteroatoms. The summed E-state index contributed by atoms with van der Waals surface area (Å²) in [5.41, 5.74) is 0.694. The van der Waals surface area contributed by atoms with Gasteiger partial charge in [-0.1, -0.05) is 18.2 Å². The lowest BCUT2D eigenvalue weighted by atomic mass is 9.96. The summed E-state index contributed by atoms with van der Waals surface area (Å²) in [7, 11) is 0. The van der Waals surface area contributed by atoms with Crippen molar-refractivity contribution < 1.29 is 9.85 Å². The van der Waals surface area contributed by atoms with Crippen LogP contribution in [0.2, 0.25) is 0 Å². The first kappa shape index (κ1) is 12.8. The Morgan fingerprint density at radius 2 is 1.82 bits per heavy atom. The number of benzene rings is 1. The van der Waals surface area contributed by atoms with Gasteiger partial charge in [-0.3, -0.25) is 20.2 Å². The van der Waals surface area contributed by atoms with Gasteiger partial charge in [0.25, 0.3) is 5.69 Å². The lowest BCUT2D eigenvalue weighted by molar-refractivity contribution is -0.483. The second kappa shape index (κ2) is 5.74. The largest absolute Gasteiger partial charge is 0.269 e. The molecule has 0 heterocycles. The number of rotatable bonds is 6. The van der Waals surface area contributed by atoms with E-state index in [1.807, 2.05) is 0 Å². The molecule has 0 fully saturated rings. The molecule has 0 aliphatic heterocycles. The molecule has 0 aromatic heterocycles. The van der Waals surface area contributed by atoms with Crippen molar-refractivity contribution in [3.8, 4) is 0 Å². The Labute approximate surface area is 97.9 Å². The molecular formula is C11H12N2O4. The highest BCUT2D eigenvalue weighted by molar-refractivity contribution is 5.34. The molecule has 6 nitrogen and oxygen atoms in total. The quantitative estimate of drug-likeness (QED) is 0.431. The molecule has 1 rings (SSSR count). The second-order valence-corrected chi connectivity index (χ2v) is 3.59. The van der Waals surface area contributed by atoms with Gasteiger partial charge in [0.15, 0.2) is 0 Å². The molecule has 1 atom stereocenters. The van der Waals surface area contributed by atoms with Gasteiger partial charge in [-0.15, -0.1) is 6.58 Å². The van der Waals surface area contributed by atoms with E-state index in [-0.39, 0.29) is 18.2 Å². The summed E-state index contributed by atoms with van der Waals surface area (Å²) in [6.45, 7) is 3.34. The van der Waals surface area contributed by atoms with E-state index < -0.39 is 9.85 Å². The van der Waals surface area contributed by atoms with Crippen molar-refractivity contribution >= 4 is 5.69 Å². The predicted octanol–water partition coefficient (Wildman–Crippen LogP) is 2.53. The van der Waals surface area contributed by atoms with E-state index in [1.54, 1.807) is 18.2 Å². The van der Waals surface area contributed by atoms with Gasteiger partial charge in [0.1, 0.15) is 0 Å². The summed E-state index contributed by atoms with van der Waals surface area (Å²) in [6, 6.07) is 5.81. The average Bonchev–Trinajstić information content (AvgIpc) is 2.28. The molecule has 1 aromatic carbocycles. The number of nitrogens with zero attached hydrogens (tertiary/aromatic N) is 2. The first-order valence-corrected chi connectivity index (χ1v) is 5.01. The van der Waals surface area contributed by atoms with Crippen molar-refractivity contribution in [2.45, 2.75) is 12.3 Å². The Morgan fingerprint density at radius 3 is 2.24 bits per heavy atom. The maximum Gasteiger partial charge on any atom is 0.269 e. The van der Waals surface area contributed by atoms with Crippen LogP contribution in [0.1, 0.15) is 17.9 Å². The summed E-state index contributed by atoms with van der Waals surface area (Å²) in [5, 5.41) is 21.0. The topological polar surface area (TPSA) is 86.3 Å². The maximum absolute atomic E-state index is 10.5. The van der Waals surface area contributed by atoms with Gasteiger partial charge in [0.05, 0.1) is 10.8 Å². The highest BCUT2D eigenvalue weighted by atomic mass is 16.6. The predicted molar refractivity (Wildman–Crippen MR) is 62.5 cm³/mol. The standard InChI is InChI=1S/C11H12N2O4/c1-2-3-10(8-12(14)15)9-4-6-11(7-5-9)13(16)17/h2,4-7,10H,1,3,8H2. The van der Waals surface area contributed by atoms with Crippen LogP contribution in [0.15, 0.2) is 36.9 Å². The molecule has 0 aliphatic rings. The zero-order chi connectivity index (χ0) is 12.8. The van der Waals surface area contributed by atoms with E-state index in [0.29, 0.717) is 12.0 Å². The fourth-order valence-corrected chi connectivity index (χ4v) is 1.57. The van der Waals surface area contributed by atoms with E-state index in [0.717, 1.165) is 0 Å². The molecular weight excluding hydrogens is 224 g/mol. The van der Waals surface area contributed by atoms with E-state index in [2.05, 4.69) is 6.58 Å². The minimum atomic E-state index is -0.500. The van der Waals surface area contributed by atoms with Crippen molar-refractivity contribution in [1.82, 2.24) is 0 Å². The third-order valence-corrected chi connectivity index (χ3v) is 2.40. The molecule has 90 valence electrons. The third kappa shape index (κ3) is 3.67. The first-order chi connectivity index (χ1) is 8.04. The average molecular weight is 236 g/mol. The number of hydrogen-bond donors (Lipinski definition) is 0. The van der Waals surface area contributed by atoms with Gasteiger partial charge in [0, 0.05) is 17.1 Å². The van der Waals surface area contributed by atoms with Crippen LogP contribution in [0.4, 0.5) is 5.69 Å². The number of non-ortho nitro benzene ring substituents is 1. The number of hydrogen-bond acceptors (Lipinski definition) is 4. The minimum absolute atomic E-state index is 0.0211. The first-order valence-electron chi connectivity index (χ1n) is 5.01. The zero-order valence-corrected chi connectivity index (χ0v) is 9.11. The monoisotopic (exact) mass is 236 g/mol. The van der Waals surface area contributed by atoms with E-state index >= 15 is 0 Å². The molecule has 0 bridgehead atoms. The molecule has 1 unspecified atom stereocenters. The third-order valence-electron chi connectivity index (χ3n) is 2.40. The second-order valence-electron chi connectivity index (χ2n) is 3.59. The van der Waals surface area contributed by atoms with Gasteiger partial charge in [-0.2, -0.15) is 0 Å². The van der Waals surface area contributed by atoms with E-state index in [9.17, 15) is 20.2 Å². The van der Waals surface area contributed by atoms with Gasteiger partial charge in [0.2, 0.25) is 6.54 Å². The highest BCUT2D eigenvalue weighted by Crippen LogP contribution is 2.22. The van der Waals surface area contributed by atoms with Crippen LogP contribution in [-0.2, 0) is 0 Å². The Kier molecular flexibility index (Phi) is 4.33. The van der Waals surface area contributed by atoms with Crippen LogP contribution in [0.25, 0.3) is 0 Å². The smallest absolute Gasteiger partial charge is 0.265 e. The maximum atomic E-state index is 10.5. The van der Waals surface area contributed by atoms with Crippen molar-refractivity contribution in [3.63, 3.8) is 0 Å². The Balaban J connectivity index is 2.90. The molecule has 1 aromatic rings. The summed E-state index contributed by atoms with van der Waals surface area (Å²) in [6.07, 6.45) is 2.08. The summed E-state index contributed by atoms with van der Waals surface area (Å²) in [5.74, 6) is -0.289. The van der Waals surface area contributed by atoms with E-state index in [1.165, 1.54) is 12.1 Å². The lowest BCUT2D eigenvalue weighted by Crippen LogP contribution is -2.12. The summed E-state index contributed by atoms with van der Waals surface area (Å²) < 4.78 is 0. The van der Waals surface area contributed by atoms with Crippen molar-refractivity contribution in [3.05, 3.63) is 62.7 Å². The van der Waals surface area contributed by atoms with Crippen LogP contribution >= 0.6 is 0 Å². The SMILES string of the molecule is C=CCC(C[N+](=O)[O-])c1ccc([N+](=O)[O-])cc1. The Bertz CT molecular complexity index is 428. The van der Waals surface area contributed by atoms with Gasteiger partial charge < -0.3 is 0 Å². The van der Waals surface area contributed by atoms with Crippen molar-refractivity contribution in [2.24, 2.45) is 0 Å². The number of nitro groups is 2. The zero-order valence-electron chi connectivity index (χ0n) is 9.11. The molecule has 0 amide bonds. The van der Waals surface area contributed by atoms with Crippen LogP contribution in [0.3, 0.4) is 0 Å². The van der Waals surface area contributed by atoms with Gasteiger partial charge >= 0.3 is 0 Å². The molecule has 0 saturated carbocycles. The van der Waals surface area contributed by atoms with Crippen LogP contribution in [-0.4, -0.2) is 16.4 Å². The van der Waals surface area contributed by atoms with Crippen molar-refractivity contribution in [1.29, 1.82) is 0 Å². The highest BCUT2D eigenvalue weighted by Gasteiger charge is 2.17. The molecule has 0 aliphatic carbocycles. The molecule has 0 N–H and O–H groups in total. The lowest BCUT2D eigenvalue weighted by Gasteiger charge is -2.10. The number of nitro benzene ring substituents is 1. The summed E-state index contributed by atoms with van der Waals surface area (Å²) >= 11 is 0. The van der Waals surface area contributed by atoms with Crippen molar-refractivity contribution in [2.75, 3.05) is 6.54 Å². The van der Waals surface area contributed by atoms with Crippen LogP contribution < -0.4 is 0 Å². The molecule has 0 radical (unpaired) electrons. The Hall–Kier alpha value is -2.24. The normalized spacial score (nSPS) is 11.8. The minimum Gasteiger partial charge on any atom is -0.265 e. The van der Waals surface area contributed by atoms with Crippen LogP contribution in [0, 0.1) is 20.2 Å². The summed E-state index contributed by atoms with van der Waals surface area (Å²) in [4.78, 5) is 20.1. The fraction of sp³-hybridized carbons (Fsp3) is 0.273. The Morgan fingerprint density at radius 1 is 1.24 bits per heavy atom. The van der Waals surface area contributed by atoms with Gasteiger partial charge in [-0.05, 0) is 12.0 Å². The molecule has 0 spiro atoms. The van der Waals surface area contributed by atoms with E-state index in [4.69, 9.17) is 0 Å². The fourth-order valence-electron chi connectivity index (χ4n) is 1.57. The number of allylic oxidation sites excluding steroid dienone is 1. The molecule has 0 saturated heterocycles. The van der Waals surface area contributed by atoms with Crippen LogP contribution in [0.5, 0.6) is 0 Å². The van der Waals surface area contributed by atoms with Gasteiger partial charge in [-0.25, -0.2) is 0 Å². The molecule has 17 heavy (non-hydrogen) atoms.